The van der Waals surface area contributed by atoms with Gasteiger partial charge in [0.05, 0.1) is 25.1 Å². The zero-order valence-electron chi connectivity index (χ0n) is 17.9. The minimum atomic E-state index is -3.69. The zero-order chi connectivity index (χ0) is 21.8. The number of benzene rings is 2. The summed E-state index contributed by atoms with van der Waals surface area (Å²) in [5.41, 5.74) is 3.72. The molecule has 29 heavy (non-hydrogen) atoms. The van der Waals surface area contributed by atoms with Crippen molar-refractivity contribution in [3.05, 3.63) is 59.2 Å². The monoisotopic (exact) mass is 418 g/mol. The number of nitrogens with zero attached hydrogens (tertiary/aromatic N) is 1. The first-order valence-electron chi connectivity index (χ1n) is 9.59. The van der Waals surface area contributed by atoms with Crippen molar-refractivity contribution in [2.24, 2.45) is 0 Å². The summed E-state index contributed by atoms with van der Waals surface area (Å²) in [7, 11) is -2.18. The van der Waals surface area contributed by atoms with Gasteiger partial charge in [-0.25, -0.2) is 8.42 Å². The van der Waals surface area contributed by atoms with Gasteiger partial charge in [-0.2, -0.15) is 0 Å². The molecule has 2 aromatic carbocycles. The highest BCUT2D eigenvalue weighted by atomic mass is 32.2. The van der Waals surface area contributed by atoms with Gasteiger partial charge in [-0.3, -0.25) is 9.10 Å². The number of carbonyl (C=O) groups is 1. The summed E-state index contributed by atoms with van der Waals surface area (Å²) in [4.78, 5) is 13.0. The number of ether oxygens (including phenoxy) is 1. The maximum Gasteiger partial charge on any atom is 0.244 e. The van der Waals surface area contributed by atoms with Crippen molar-refractivity contribution in [1.82, 2.24) is 5.32 Å². The van der Waals surface area contributed by atoms with Crippen molar-refractivity contribution in [2.45, 2.75) is 46.2 Å². The van der Waals surface area contributed by atoms with Crippen LogP contribution in [0, 0.1) is 13.8 Å². The van der Waals surface area contributed by atoms with E-state index in [0.29, 0.717) is 17.9 Å². The number of sulfonamides is 1. The van der Waals surface area contributed by atoms with E-state index in [1.165, 1.54) is 12.7 Å². The van der Waals surface area contributed by atoms with Crippen LogP contribution in [0.2, 0.25) is 0 Å². The lowest BCUT2D eigenvalue weighted by Gasteiger charge is -2.30. The van der Waals surface area contributed by atoms with Crippen molar-refractivity contribution < 1.29 is 17.9 Å². The highest BCUT2D eigenvalue weighted by molar-refractivity contribution is 7.92. The first kappa shape index (κ1) is 22.7. The molecule has 0 spiro atoms. The smallest absolute Gasteiger partial charge is 0.244 e. The van der Waals surface area contributed by atoms with Gasteiger partial charge in [-0.05, 0) is 56.0 Å². The van der Waals surface area contributed by atoms with E-state index >= 15 is 0 Å². The molecule has 158 valence electrons. The van der Waals surface area contributed by atoms with Crippen LogP contribution in [-0.2, 0) is 14.8 Å². The highest BCUT2D eigenvalue weighted by Crippen LogP contribution is 2.26. The number of hydrogen-bond donors (Lipinski definition) is 1. The van der Waals surface area contributed by atoms with E-state index < -0.39 is 16.1 Å². The van der Waals surface area contributed by atoms with Crippen LogP contribution in [0.5, 0.6) is 5.75 Å². The first-order chi connectivity index (χ1) is 13.6. The van der Waals surface area contributed by atoms with Gasteiger partial charge in [0.1, 0.15) is 11.8 Å². The van der Waals surface area contributed by atoms with Crippen molar-refractivity contribution >= 4 is 21.6 Å². The van der Waals surface area contributed by atoms with Gasteiger partial charge in [0.15, 0.2) is 0 Å². The number of amides is 1. The molecular weight excluding hydrogens is 388 g/mol. The molecule has 0 radical (unpaired) electrons. The van der Waals surface area contributed by atoms with E-state index in [9.17, 15) is 13.2 Å². The first-order valence-corrected chi connectivity index (χ1v) is 11.4. The van der Waals surface area contributed by atoms with Gasteiger partial charge in [-0.1, -0.05) is 31.2 Å². The Kier molecular flexibility index (Phi) is 7.30. The van der Waals surface area contributed by atoms with E-state index in [0.717, 1.165) is 21.7 Å². The topological polar surface area (TPSA) is 75.7 Å². The Morgan fingerprint density at radius 3 is 2.38 bits per heavy atom. The SMILES string of the molecule is CC[C@H](NC(=O)[C@H](C)N(c1cccc(OC)c1)S(C)(=O)=O)c1ccc(C)c(C)c1. The van der Waals surface area contributed by atoms with Crippen molar-refractivity contribution in [2.75, 3.05) is 17.7 Å². The summed E-state index contributed by atoms with van der Waals surface area (Å²) >= 11 is 0. The van der Waals surface area contributed by atoms with Crippen LogP contribution in [0.1, 0.15) is 43.0 Å². The number of carbonyl (C=O) groups excluding carboxylic acids is 1. The van der Waals surface area contributed by atoms with E-state index in [-0.39, 0.29) is 11.9 Å². The minimum absolute atomic E-state index is 0.198. The van der Waals surface area contributed by atoms with Gasteiger partial charge >= 0.3 is 0 Å². The van der Waals surface area contributed by atoms with Crippen molar-refractivity contribution in [3.63, 3.8) is 0 Å². The van der Waals surface area contributed by atoms with E-state index in [2.05, 4.69) is 11.4 Å². The molecule has 2 rings (SSSR count). The molecule has 0 heterocycles. The molecule has 0 bridgehead atoms. The van der Waals surface area contributed by atoms with Crippen LogP contribution in [0.15, 0.2) is 42.5 Å². The normalized spacial score (nSPS) is 13.4. The van der Waals surface area contributed by atoms with Crippen molar-refractivity contribution in [1.29, 1.82) is 0 Å². The number of methoxy groups -OCH3 is 1. The number of anilines is 1. The summed E-state index contributed by atoms with van der Waals surface area (Å²) in [6.45, 7) is 7.65. The molecule has 2 aromatic rings. The van der Waals surface area contributed by atoms with Crippen LogP contribution >= 0.6 is 0 Å². The van der Waals surface area contributed by atoms with E-state index in [1.54, 1.807) is 31.2 Å². The Labute approximate surface area is 173 Å². The predicted octanol–water partition coefficient (Wildman–Crippen LogP) is 3.73. The second kappa shape index (κ2) is 9.31. The third-order valence-electron chi connectivity index (χ3n) is 5.05. The van der Waals surface area contributed by atoms with Crippen LogP contribution < -0.4 is 14.4 Å². The lowest BCUT2D eigenvalue weighted by Crippen LogP contribution is -2.48. The standard InChI is InChI=1S/C22H30N2O4S/c1-7-21(18-12-11-15(2)16(3)13-18)23-22(25)17(4)24(29(6,26)27)19-9-8-10-20(14-19)28-5/h8-14,17,21H,7H2,1-6H3,(H,23,25)/t17-,21-/m0/s1. The van der Waals surface area contributed by atoms with Gasteiger partial charge in [-0.15, -0.1) is 0 Å². The molecule has 7 heteroatoms. The second-order valence-corrected chi connectivity index (χ2v) is 9.11. The van der Waals surface area contributed by atoms with Gasteiger partial charge in [0, 0.05) is 6.07 Å². The molecule has 0 saturated heterocycles. The molecule has 1 N–H and O–H groups in total. The third-order valence-corrected chi connectivity index (χ3v) is 6.30. The zero-order valence-corrected chi connectivity index (χ0v) is 18.7. The molecule has 0 unspecified atom stereocenters. The molecule has 0 fully saturated rings. The fourth-order valence-electron chi connectivity index (χ4n) is 3.25. The number of nitrogens with one attached hydrogen (secondary N) is 1. The maximum absolute atomic E-state index is 13.0. The fraction of sp³-hybridized carbons (Fsp3) is 0.409. The van der Waals surface area contributed by atoms with Crippen LogP contribution in [-0.4, -0.2) is 33.7 Å². The summed E-state index contributed by atoms with van der Waals surface area (Å²) in [6.07, 6.45) is 1.79. The number of aryl methyl sites for hydroxylation is 2. The Morgan fingerprint density at radius 2 is 1.83 bits per heavy atom. The predicted molar refractivity (Wildman–Crippen MR) is 117 cm³/mol. The largest absolute Gasteiger partial charge is 0.497 e. The van der Waals surface area contributed by atoms with Crippen LogP contribution in [0.4, 0.5) is 5.69 Å². The van der Waals surface area contributed by atoms with Gasteiger partial charge in [0.25, 0.3) is 0 Å². The molecule has 0 aliphatic carbocycles. The Morgan fingerprint density at radius 1 is 1.14 bits per heavy atom. The quantitative estimate of drug-likeness (QED) is 0.709. The summed E-state index contributed by atoms with van der Waals surface area (Å²) in [6, 6.07) is 11.6. The highest BCUT2D eigenvalue weighted by Gasteiger charge is 2.30. The van der Waals surface area contributed by atoms with E-state index in [1.807, 2.05) is 32.9 Å². The lowest BCUT2D eigenvalue weighted by atomic mass is 9.99. The van der Waals surface area contributed by atoms with Gasteiger partial charge < -0.3 is 10.1 Å². The van der Waals surface area contributed by atoms with Crippen molar-refractivity contribution in [3.8, 4) is 5.75 Å². The lowest BCUT2D eigenvalue weighted by molar-refractivity contribution is -0.122. The average molecular weight is 419 g/mol. The Hall–Kier alpha value is -2.54. The second-order valence-electron chi connectivity index (χ2n) is 7.25. The molecule has 0 aliphatic rings. The Balaban J connectivity index is 2.31. The molecule has 0 aliphatic heterocycles. The van der Waals surface area contributed by atoms with Gasteiger partial charge in [0.2, 0.25) is 15.9 Å². The molecule has 0 aromatic heterocycles. The molecule has 2 atom stereocenters. The Bertz CT molecular complexity index is 973. The van der Waals surface area contributed by atoms with E-state index in [4.69, 9.17) is 4.74 Å². The van der Waals surface area contributed by atoms with Crippen LogP contribution in [0.3, 0.4) is 0 Å². The van der Waals surface area contributed by atoms with Crippen LogP contribution in [0.25, 0.3) is 0 Å². The molecular formula is C22H30N2O4S. The number of rotatable bonds is 8. The number of hydrogen-bond acceptors (Lipinski definition) is 4. The molecule has 6 nitrogen and oxygen atoms in total. The summed E-state index contributed by atoms with van der Waals surface area (Å²) in [5.74, 6) is 0.161. The third kappa shape index (κ3) is 5.50. The summed E-state index contributed by atoms with van der Waals surface area (Å²) < 4.78 is 31.3. The minimum Gasteiger partial charge on any atom is -0.497 e. The molecule has 1 amide bonds. The average Bonchev–Trinajstić information content (AvgIpc) is 2.67. The molecule has 0 saturated carbocycles. The summed E-state index contributed by atoms with van der Waals surface area (Å²) in [5, 5.41) is 3.00. The fourth-order valence-corrected chi connectivity index (χ4v) is 4.42. The maximum atomic E-state index is 13.0.